The van der Waals surface area contributed by atoms with Crippen molar-refractivity contribution < 1.29 is 9.59 Å². The molecule has 2 aliphatic heterocycles. The zero-order chi connectivity index (χ0) is 21.9. The van der Waals surface area contributed by atoms with Gasteiger partial charge in [-0.15, -0.1) is 0 Å². The molecular weight excluding hydrogens is 418 g/mol. The second-order valence-corrected chi connectivity index (χ2v) is 8.88. The Balaban J connectivity index is 1.28. The van der Waals surface area contributed by atoms with Gasteiger partial charge in [-0.2, -0.15) is 0 Å². The summed E-state index contributed by atoms with van der Waals surface area (Å²) in [6.45, 7) is 2.97. The molecule has 0 bridgehead atoms. The van der Waals surface area contributed by atoms with Crippen LogP contribution < -0.4 is 10.2 Å². The summed E-state index contributed by atoms with van der Waals surface area (Å²) < 4.78 is 0. The maximum absolute atomic E-state index is 13.1. The van der Waals surface area contributed by atoms with Gasteiger partial charge in [-0.1, -0.05) is 60.3 Å². The predicted molar refractivity (Wildman–Crippen MR) is 130 cm³/mol. The molecular formula is C26H23N3O2S. The number of nitrogens with zero attached hydrogens (tertiary/aromatic N) is 2. The highest BCUT2D eigenvalue weighted by atomic mass is 32.2. The summed E-state index contributed by atoms with van der Waals surface area (Å²) >= 11 is 1.43. The Labute approximate surface area is 191 Å². The van der Waals surface area contributed by atoms with Gasteiger partial charge in [0, 0.05) is 42.3 Å². The Hall–Kier alpha value is -3.51. The molecule has 0 saturated carbocycles. The highest BCUT2D eigenvalue weighted by molar-refractivity contribution is 8.04. The molecule has 160 valence electrons. The Kier molecular flexibility index (Phi) is 5.69. The van der Waals surface area contributed by atoms with Crippen LogP contribution in [0.4, 0.5) is 11.4 Å². The third kappa shape index (κ3) is 4.27. The van der Waals surface area contributed by atoms with E-state index in [-0.39, 0.29) is 11.8 Å². The van der Waals surface area contributed by atoms with E-state index in [2.05, 4.69) is 22.3 Å². The summed E-state index contributed by atoms with van der Waals surface area (Å²) in [6.07, 6.45) is 1.88. The topological polar surface area (TPSA) is 52.7 Å². The van der Waals surface area contributed by atoms with Gasteiger partial charge in [0.05, 0.1) is 10.6 Å². The van der Waals surface area contributed by atoms with E-state index in [0.29, 0.717) is 29.2 Å². The summed E-state index contributed by atoms with van der Waals surface area (Å²) in [6, 6.07) is 25.6. The van der Waals surface area contributed by atoms with E-state index in [1.807, 2.05) is 71.6 Å². The first kappa shape index (κ1) is 20.4. The largest absolute Gasteiger partial charge is 0.368 e. The van der Waals surface area contributed by atoms with Crippen LogP contribution in [-0.4, -0.2) is 42.9 Å². The molecule has 2 amide bonds. The molecule has 6 heteroatoms. The van der Waals surface area contributed by atoms with Crippen LogP contribution in [0.2, 0.25) is 0 Å². The third-order valence-electron chi connectivity index (χ3n) is 5.70. The van der Waals surface area contributed by atoms with Crippen molar-refractivity contribution in [3.8, 4) is 0 Å². The predicted octanol–water partition coefficient (Wildman–Crippen LogP) is 4.73. The highest BCUT2D eigenvalue weighted by Gasteiger charge is 2.25. The van der Waals surface area contributed by atoms with Gasteiger partial charge in [0.1, 0.15) is 0 Å². The number of carbonyl (C=O) groups is 2. The fourth-order valence-electron chi connectivity index (χ4n) is 3.98. The standard InChI is InChI=1S/C26H23N3O2S/c30-25-24(17-19-7-3-1-4-8-19)32-23-12-11-20(18-22(23)27-25)26(31)29-15-13-28(14-16-29)21-9-5-2-6-10-21/h1-12,17-18H,13-16H2,(H,27,30). The number of hydrogen-bond acceptors (Lipinski definition) is 4. The molecule has 1 N–H and O–H groups in total. The smallest absolute Gasteiger partial charge is 0.262 e. The van der Waals surface area contributed by atoms with E-state index in [9.17, 15) is 9.59 Å². The molecule has 0 radical (unpaired) electrons. The molecule has 0 atom stereocenters. The fourth-order valence-corrected chi connectivity index (χ4v) is 4.91. The molecule has 0 aliphatic carbocycles. The number of nitrogens with one attached hydrogen (secondary N) is 1. The number of carbonyl (C=O) groups excluding carboxylic acids is 2. The van der Waals surface area contributed by atoms with E-state index in [0.717, 1.165) is 23.5 Å². The van der Waals surface area contributed by atoms with Crippen LogP contribution >= 0.6 is 11.8 Å². The number of rotatable bonds is 3. The van der Waals surface area contributed by atoms with Gasteiger partial charge in [0.25, 0.3) is 11.8 Å². The van der Waals surface area contributed by atoms with Crippen LogP contribution in [0.3, 0.4) is 0 Å². The summed E-state index contributed by atoms with van der Waals surface area (Å²) in [5.74, 6) is -0.141. The van der Waals surface area contributed by atoms with Gasteiger partial charge in [0.2, 0.25) is 0 Å². The van der Waals surface area contributed by atoms with Crippen LogP contribution in [0, 0.1) is 0 Å². The lowest BCUT2D eigenvalue weighted by Gasteiger charge is -2.36. The zero-order valence-corrected chi connectivity index (χ0v) is 18.3. The Morgan fingerprint density at radius 2 is 1.56 bits per heavy atom. The Bertz CT molecular complexity index is 1170. The molecule has 0 spiro atoms. The van der Waals surface area contributed by atoms with E-state index >= 15 is 0 Å². The van der Waals surface area contributed by atoms with E-state index < -0.39 is 0 Å². The SMILES string of the molecule is O=C1Nc2cc(C(=O)N3CCN(c4ccccc4)CC3)ccc2SC1=Cc1ccccc1. The normalized spacial score (nSPS) is 17.1. The van der Waals surface area contributed by atoms with Crippen molar-refractivity contribution in [3.63, 3.8) is 0 Å². The summed E-state index contributed by atoms with van der Waals surface area (Å²) in [7, 11) is 0. The summed E-state index contributed by atoms with van der Waals surface area (Å²) in [5, 5.41) is 2.95. The van der Waals surface area contributed by atoms with Crippen molar-refractivity contribution in [1.29, 1.82) is 0 Å². The minimum absolute atomic E-state index is 0.00499. The minimum atomic E-state index is -0.146. The Morgan fingerprint density at radius 3 is 2.28 bits per heavy atom. The number of hydrogen-bond donors (Lipinski definition) is 1. The molecule has 1 saturated heterocycles. The zero-order valence-electron chi connectivity index (χ0n) is 17.5. The van der Waals surface area contributed by atoms with E-state index in [1.54, 1.807) is 6.07 Å². The quantitative estimate of drug-likeness (QED) is 0.597. The number of piperazine rings is 1. The molecule has 2 heterocycles. The maximum atomic E-state index is 13.1. The average Bonchev–Trinajstić information content (AvgIpc) is 2.85. The molecule has 5 nitrogen and oxygen atoms in total. The first-order valence-corrected chi connectivity index (χ1v) is 11.5. The molecule has 2 aliphatic rings. The van der Waals surface area contributed by atoms with E-state index in [4.69, 9.17) is 0 Å². The third-order valence-corrected chi connectivity index (χ3v) is 6.80. The highest BCUT2D eigenvalue weighted by Crippen LogP contribution is 2.39. The van der Waals surface area contributed by atoms with Gasteiger partial charge in [-0.25, -0.2) is 0 Å². The van der Waals surface area contributed by atoms with Crippen LogP contribution in [0.15, 0.2) is 88.7 Å². The molecule has 5 rings (SSSR count). The van der Waals surface area contributed by atoms with Crippen molar-refractivity contribution in [2.75, 3.05) is 36.4 Å². The summed E-state index contributed by atoms with van der Waals surface area (Å²) in [4.78, 5) is 31.5. The van der Waals surface area contributed by atoms with Crippen LogP contribution in [-0.2, 0) is 4.79 Å². The number of thioether (sulfide) groups is 1. The molecule has 32 heavy (non-hydrogen) atoms. The van der Waals surface area contributed by atoms with E-state index in [1.165, 1.54) is 17.4 Å². The lowest BCUT2D eigenvalue weighted by molar-refractivity contribution is -0.112. The van der Waals surface area contributed by atoms with Crippen molar-refractivity contribution in [2.45, 2.75) is 4.90 Å². The van der Waals surface area contributed by atoms with Crippen LogP contribution in [0.5, 0.6) is 0 Å². The molecule has 3 aromatic rings. The molecule has 3 aromatic carbocycles. The number of amides is 2. The lowest BCUT2D eigenvalue weighted by Crippen LogP contribution is -2.48. The van der Waals surface area contributed by atoms with Crippen molar-refractivity contribution in [2.24, 2.45) is 0 Å². The Morgan fingerprint density at radius 1 is 0.875 bits per heavy atom. The molecule has 0 aromatic heterocycles. The van der Waals surface area contributed by atoms with Gasteiger partial charge in [-0.05, 0) is 42.0 Å². The second kappa shape index (κ2) is 8.93. The number of benzene rings is 3. The maximum Gasteiger partial charge on any atom is 0.262 e. The van der Waals surface area contributed by atoms with Gasteiger partial charge in [-0.3, -0.25) is 9.59 Å². The van der Waals surface area contributed by atoms with Gasteiger partial charge in [0.15, 0.2) is 0 Å². The number of fused-ring (bicyclic) bond motifs is 1. The van der Waals surface area contributed by atoms with Crippen molar-refractivity contribution in [3.05, 3.63) is 94.9 Å². The lowest BCUT2D eigenvalue weighted by atomic mass is 10.1. The monoisotopic (exact) mass is 441 g/mol. The van der Waals surface area contributed by atoms with Crippen LogP contribution in [0.25, 0.3) is 6.08 Å². The minimum Gasteiger partial charge on any atom is -0.368 e. The number of anilines is 2. The van der Waals surface area contributed by atoms with Crippen molar-refractivity contribution in [1.82, 2.24) is 4.90 Å². The van der Waals surface area contributed by atoms with Gasteiger partial charge >= 0.3 is 0 Å². The molecule has 1 fully saturated rings. The first-order valence-electron chi connectivity index (χ1n) is 10.7. The van der Waals surface area contributed by atoms with Crippen molar-refractivity contribution >= 4 is 41.0 Å². The average molecular weight is 442 g/mol. The number of para-hydroxylation sites is 1. The van der Waals surface area contributed by atoms with Crippen LogP contribution in [0.1, 0.15) is 15.9 Å². The summed E-state index contributed by atoms with van der Waals surface area (Å²) in [5.41, 5.74) is 3.47. The van der Waals surface area contributed by atoms with Gasteiger partial charge < -0.3 is 15.1 Å². The molecule has 0 unspecified atom stereocenters. The first-order chi connectivity index (χ1) is 15.7. The second-order valence-electron chi connectivity index (χ2n) is 7.80. The fraction of sp³-hybridized carbons (Fsp3) is 0.154.